The van der Waals surface area contributed by atoms with Crippen LogP contribution in [0.1, 0.15) is 12.0 Å². The number of rotatable bonds is 2. The van der Waals surface area contributed by atoms with E-state index in [0.29, 0.717) is 31.8 Å². The molecule has 2 amide bonds. The summed E-state index contributed by atoms with van der Waals surface area (Å²) in [6, 6.07) is 8.17. The molecule has 3 heterocycles. The number of benzene rings is 1. The van der Waals surface area contributed by atoms with Crippen LogP contribution in [0.25, 0.3) is 10.9 Å². The molecule has 1 aromatic carbocycles. The Kier molecular flexibility index (Phi) is 2.74. The van der Waals surface area contributed by atoms with Crippen molar-refractivity contribution in [1.82, 2.24) is 15.2 Å². The van der Waals surface area contributed by atoms with Gasteiger partial charge in [-0.1, -0.05) is 18.2 Å². The van der Waals surface area contributed by atoms with Gasteiger partial charge in [0.25, 0.3) is 0 Å². The van der Waals surface area contributed by atoms with Crippen molar-refractivity contribution >= 4 is 22.7 Å². The van der Waals surface area contributed by atoms with Crippen LogP contribution in [0.4, 0.5) is 0 Å². The summed E-state index contributed by atoms with van der Waals surface area (Å²) in [5.74, 6) is 0.557. The standard InChI is InChI=1S/C16H17N3O2/c20-15-5-11-8-19(9-14(11)18-15)16(21)6-10-7-17-13-4-2-1-3-12(10)13/h1-4,7,11,14,17H,5-6,8-9H2,(H,18,20)/t11-,14+/m0/s1. The maximum absolute atomic E-state index is 12.5. The van der Waals surface area contributed by atoms with Crippen LogP contribution in [0.5, 0.6) is 0 Å². The van der Waals surface area contributed by atoms with E-state index in [4.69, 9.17) is 0 Å². The van der Waals surface area contributed by atoms with Gasteiger partial charge in [0.2, 0.25) is 11.8 Å². The SMILES string of the molecule is O=C1C[C@H]2CN(C(=O)Cc3c[nH]c4ccccc34)C[C@H]2N1. The summed E-state index contributed by atoms with van der Waals surface area (Å²) in [6.45, 7) is 1.35. The van der Waals surface area contributed by atoms with Gasteiger partial charge in [-0.15, -0.1) is 0 Å². The molecule has 108 valence electrons. The molecule has 2 aliphatic heterocycles. The third-order valence-corrected chi connectivity index (χ3v) is 4.60. The molecule has 1 aromatic heterocycles. The summed E-state index contributed by atoms with van der Waals surface area (Å²) in [5.41, 5.74) is 2.10. The first kappa shape index (κ1) is 12.4. The summed E-state index contributed by atoms with van der Waals surface area (Å²) >= 11 is 0. The Morgan fingerprint density at radius 2 is 2.14 bits per heavy atom. The van der Waals surface area contributed by atoms with Gasteiger partial charge in [0.1, 0.15) is 0 Å². The molecular weight excluding hydrogens is 266 g/mol. The number of aromatic amines is 1. The summed E-state index contributed by atoms with van der Waals surface area (Å²) in [7, 11) is 0. The molecule has 21 heavy (non-hydrogen) atoms. The number of hydrogen-bond donors (Lipinski definition) is 2. The van der Waals surface area contributed by atoms with E-state index < -0.39 is 0 Å². The van der Waals surface area contributed by atoms with E-state index in [2.05, 4.69) is 10.3 Å². The second-order valence-corrected chi connectivity index (χ2v) is 5.97. The first-order valence-electron chi connectivity index (χ1n) is 7.33. The topological polar surface area (TPSA) is 65.2 Å². The Morgan fingerprint density at radius 3 is 3.00 bits per heavy atom. The van der Waals surface area contributed by atoms with Crippen molar-refractivity contribution in [1.29, 1.82) is 0 Å². The number of amides is 2. The number of aromatic nitrogens is 1. The Balaban J connectivity index is 1.48. The van der Waals surface area contributed by atoms with Gasteiger partial charge >= 0.3 is 0 Å². The summed E-state index contributed by atoms with van der Waals surface area (Å²) in [4.78, 5) is 28.9. The van der Waals surface area contributed by atoms with Crippen LogP contribution < -0.4 is 5.32 Å². The van der Waals surface area contributed by atoms with Gasteiger partial charge in [-0.3, -0.25) is 9.59 Å². The maximum Gasteiger partial charge on any atom is 0.227 e. The van der Waals surface area contributed by atoms with Crippen molar-refractivity contribution < 1.29 is 9.59 Å². The Hall–Kier alpha value is -2.30. The molecule has 0 saturated carbocycles. The lowest BCUT2D eigenvalue weighted by molar-refractivity contribution is -0.130. The number of likely N-dealkylation sites (tertiary alicyclic amines) is 1. The first-order chi connectivity index (χ1) is 10.2. The molecule has 5 nitrogen and oxygen atoms in total. The minimum Gasteiger partial charge on any atom is -0.361 e. The number of fused-ring (bicyclic) bond motifs is 2. The van der Waals surface area contributed by atoms with Crippen LogP contribution in [0.15, 0.2) is 30.5 Å². The fraction of sp³-hybridized carbons (Fsp3) is 0.375. The number of nitrogens with zero attached hydrogens (tertiary/aromatic N) is 1. The summed E-state index contributed by atoms with van der Waals surface area (Å²) < 4.78 is 0. The molecule has 2 saturated heterocycles. The minimum atomic E-state index is 0.119. The zero-order valence-electron chi connectivity index (χ0n) is 11.6. The molecule has 2 aliphatic rings. The molecule has 4 rings (SSSR count). The quantitative estimate of drug-likeness (QED) is 0.865. The van der Waals surface area contributed by atoms with Crippen molar-refractivity contribution in [2.24, 2.45) is 5.92 Å². The van der Waals surface area contributed by atoms with E-state index in [0.717, 1.165) is 16.5 Å². The monoisotopic (exact) mass is 283 g/mol. The van der Waals surface area contributed by atoms with Crippen LogP contribution >= 0.6 is 0 Å². The normalized spacial score (nSPS) is 24.4. The van der Waals surface area contributed by atoms with Gasteiger partial charge < -0.3 is 15.2 Å². The second kappa shape index (κ2) is 4.62. The zero-order chi connectivity index (χ0) is 14.4. The fourth-order valence-electron chi connectivity index (χ4n) is 3.50. The molecule has 2 atom stereocenters. The van der Waals surface area contributed by atoms with Crippen molar-refractivity contribution in [2.45, 2.75) is 18.9 Å². The maximum atomic E-state index is 12.5. The highest BCUT2D eigenvalue weighted by molar-refractivity contribution is 5.89. The van der Waals surface area contributed by atoms with Crippen LogP contribution in [-0.2, 0) is 16.0 Å². The molecule has 0 bridgehead atoms. The Bertz CT molecular complexity index is 705. The molecule has 0 aliphatic carbocycles. The molecular formula is C16H17N3O2. The van der Waals surface area contributed by atoms with Gasteiger partial charge in [0, 0.05) is 42.5 Å². The average Bonchev–Trinajstić information content (AvgIpc) is 3.12. The highest BCUT2D eigenvalue weighted by Gasteiger charge is 2.41. The summed E-state index contributed by atoms with van der Waals surface area (Å²) in [6.07, 6.45) is 2.89. The van der Waals surface area contributed by atoms with Gasteiger partial charge in [-0.05, 0) is 11.6 Å². The van der Waals surface area contributed by atoms with Gasteiger partial charge in [0.15, 0.2) is 0 Å². The Morgan fingerprint density at radius 1 is 1.29 bits per heavy atom. The average molecular weight is 283 g/mol. The van der Waals surface area contributed by atoms with Crippen molar-refractivity contribution in [3.8, 4) is 0 Å². The number of H-pyrrole nitrogens is 1. The second-order valence-electron chi connectivity index (χ2n) is 5.97. The minimum absolute atomic E-state index is 0.119. The molecule has 0 unspecified atom stereocenters. The van der Waals surface area contributed by atoms with Crippen LogP contribution in [0.3, 0.4) is 0 Å². The molecule has 2 N–H and O–H groups in total. The highest BCUT2D eigenvalue weighted by Crippen LogP contribution is 2.26. The van der Waals surface area contributed by atoms with Crippen molar-refractivity contribution in [2.75, 3.05) is 13.1 Å². The van der Waals surface area contributed by atoms with Crippen LogP contribution in [0, 0.1) is 5.92 Å². The number of nitrogens with one attached hydrogen (secondary N) is 2. The summed E-state index contributed by atoms with van der Waals surface area (Å²) in [5, 5.41) is 4.06. The van der Waals surface area contributed by atoms with Gasteiger partial charge in [-0.2, -0.15) is 0 Å². The number of hydrogen-bond acceptors (Lipinski definition) is 2. The predicted octanol–water partition coefficient (Wildman–Crippen LogP) is 1.06. The smallest absolute Gasteiger partial charge is 0.227 e. The van der Waals surface area contributed by atoms with E-state index in [1.165, 1.54) is 0 Å². The lowest BCUT2D eigenvalue weighted by Crippen LogP contribution is -2.36. The number of carbonyl (C=O) groups is 2. The third kappa shape index (κ3) is 2.09. The molecule has 0 spiro atoms. The largest absolute Gasteiger partial charge is 0.361 e. The molecule has 5 heteroatoms. The Labute approximate surface area is 122 Å². The lowest BCUT2D eigenvalue weighted by Gasteiger charge is -2.17. The van der Waals surface area contributed by atoms with E-state index in [1.807, 2.05) is 35.4 Å². The molecule has 2 aromatic rings. The third-order valence-electron chi connectivity index (χ3n) is 4.60. The van der Waals surface area contributed by atoms with Crippen molar-refractivity contribution in [3.05, 3.63) is 36.0 Å². The van der Waals surface area contributed by atoms with E-state index >= 15 is 0 Å². The number of para-hydroxylation sites is 1. The van der Waals surface area contributed by atoms with Gasteiger partial charge in [-0.25, -0.2) is 0 Å². The van der Waals surface area contributed by atoms with Gasteiger partial charge in [0.05, 0.1) is 12.5 Å². The molecule has 2 fully saturated rings. The van der Waals surface area contributed by atoms with E-state index in [1.54, 1.807) is 0 Å². The lowest BCUT2D eigenvalue weighted by atomic mass is 10.1. The zero-order valence-corrected chi connectivity index (χ0v) is 11.6. The van der Waals surface area contributed by atoms with Crippen LogP contribution in [0.2, 0.25) is 0 Å². The van der Waals surface area contributed by atoms with Crippen LogP contribution in [-0.4, -0.2) is 40.8 Å². The molecule has 0 radical (unpaired) electrons. The first-order valence-corrected chi connectivity index (χ1v) is 7.33. The predicted molar refractivity (Wildman–Crippen MR) is 78.6 cm³/mol. The number of carbonyl (C=O) groups excluding carboxylic acids is 2. The van der Waals surface area contributed by atoms with E-state index in [9.17, 15) is 9.59 Å². The highest BCUT2D eigenvalue weighted by atomic mass is 16.2. The van der Waals surface area contributed by atoms with Crippen molar-refractivity contribution in [3.63, 3.8) is 0 Å². The van der Waals surface area contributed by atoms with E-state index in [-0.39, 0.29) is 17.9 Å². The fourth-order valence-corrected chi connectivity index (χ4v) is 3.50.